The lowest BCUT2D eigenvalue weighted by atomic mass is 10.7. The first-order valence-corrected chi connectivity index (χ1v) is 5.55. The van der Waals surface area contributed by atoms with Crippen molar-refractivity contribution >= 4 is 58.2 Å². The molecule has 0 amide bonds. The number of aromatic nitrogens is 1. The zero-order valence-corrected chi connectivity index (χ0v) is 9.71. The van der Waals surface area contributed by atoms with Gasteiger partial charge in [-0.3, -0.25) is 0 Å². The van der Waals surface area contributed by atoms with Gasteiger partial charge in [0, 0.05) is 0 Å². The maximum absolute atomic E-state index is 5.81. The van der Waals surface area contributed by atoms with Gasteiger partial charge in [0.2, 0.25) is 0 Å². The highest BCUT2D eigenvalue weighted by molar-refractivity contribution is 7.98. The van der Waals surface area contributed by atoms with E-state index in [1.165, 1.54) is 11.8 Å². The Hall–Kier alpha value is 0.660. The molecule has 0 aromatic carbocycles. The van der Waals surface area contributed by atoms with Crippen molar-refractivity contribution in [2.75, 3.05) is 6.26 Å². The molecule has 0 saturated carbocycles. The zero-order chi connectivity index (χ0) is 9.30. The van der Waals surface area contributed by atoms with E-state index in [4.69, 9.17) is 46.4 Å². The van der Waals surface area contributed by atoms with E-state index in [2.05, 4.69) is 4.98 Å². The predicted octanol–water partition coefficient (Wildman–Crippen LogP) is 4.42. The van der Waals surface area contributed by atoms with Crippen LogP contribution in [0.2, 0.25) is 20.2 Å². The molecule has 0 N–H and O–H groups in total. The van der Waals surface area contributed by atoms with Gasteiger partial charge in [-0.15, -0.1) is 11.8 Å². The first kappa shape index (κ1) is 10.7. The molecule has 0 bridgehead atoms. The van der Waals surface area contributed by atoms with E-state index >= 15 is 0 Å². The van der Waals surface area contributed by atoms with Crippen LogP contribution in [0, 0.1) is 0 Å². The molecule has 0 aliphatic carbocycles. The summed E-state index contributed by atoms with van der Waals surface area (Å²) in [6.07, 6.45) is 1.83. The van der Waals surface area contributed by atoms with Crippen molar-refractivity contribution in [1.82, 2.24) is 4.98 Å². The van der Waals surface area contributed by atoms with Crippen LogP contribution < -0.4 is 0 Å². The molecule has 0 fully saturated rings. The van der Waals surface area contributed by atoms with Gasteiger partial charge in [0.25, 0.3) is 0 Å². The normalized spacial score (nSPS) is 10.4. The van der Waals surface area contributed by atoms with Crippen LogP contribution in [-0.2, 0) is 0 Å². The van der Waals surface area contributed by atoms with Gasteiger partial charge in [-0.2, -0.15) is 0 Å². The fraction of sp³-hybridized carbons (Fsp3) is 0.167. The molecule has 1 nitrogen and oxygen atoms in total. The Labute approximate surface area is 94.4 Å². The first-order chi connectivity index (χ1) is 5.57. The van der Waals surface area contributed by atoms with Crippen molar-refractivity contribution in [3.8, 4) is 0 Å². The monoisotopic (exact) mass is 265 g/mol. The van der Waals surface area contributed by atoms with Crippen LogP contribution in [0.5, 0.6) is 0 Å². The summed E-state index contributed by atoms with van der Waals surface area (Å²) in [6.45, 7) is 0. The summed E-state index contributed by atoms with van der Waals surface area (Å²) in [6, 6.07) is 0. The molecule has 0 atom stereocenters. The lowest BCUT2D eigenvalue weighted by Crippen LogP contribution is -1.85. The number of nitrogens with zero attached hydrogens (tertiary/aromatic N) is 1. The quantitative estimate of drug-likeness (QED) is 0.551. The summed E-state index contributed by atoms with van der Waals surface area (Å²) in [4.78, 5) is 3.93. The third-order valence-electron chi connectivity index (χ3n) is 1.15. The first-order valence-electron chi connectivity index (χ1n) is 2.82. The van der Waals surface area contributed by atoms with Gasteiger partial charge >= 0.3 is 0 Å². The molecule has 6 heteroatoms. The van der Waals surface area contributed by atoms with Gasteiger partial charge in [-0.25, -0.2) is 4.98 Å². The molecule has 1 aromatic heterocycles. The maximum atomic E-state index is 5.81. The Bertz CT molecular complexity index is 315. The topological polar surface area (TPSA) is 12.9 Å². The summed E-state index contributed by atoms with van der Waals surface area (Å²) in [5, 5.41) is 1.55. The fourth-order valence-corrected chi connectivity index (χ4v) is 2.13. The Morgan fingerprint density at radius 3 is 2.33 bits per heavy atom. The Morgan fingerprint density at radius 2 is 1.83 bits per heavy atom. The predicted molar refractivity (Wildman–Crippen MR) is 56.1 cm³/mol. The molecule has 0 aliphatic rings. The van der Waals surface area contributed by atoms with Crippen molar-refractivity contribution in [3.05, 3.63) is 20.2 Å². The Balaban J connectivity index is 3.39. The summed E-state index contributed by atoms with van der Waals surface area (Å²) < 4.78 is 0. The van der Waals surface area contributed by atoms with Gasteiger partial charge in [-0.05, 0) is 6.26 Å². The highest BCUT2D eigenvalue weighted by atomic mass is 35.5. The van der Waals surface area contributed by atoms with Crippen LogP contribution in [0.25, 0.3) is 0 Å². The van der Waals surface area contributed by atoms with Crippen molar-refractivity contribution in [1.29, 1.82) is 0 Å². The third kappa shape index (κ3) is 1.94. The molecule has 0 unspecified atom stereocenters. The standard InChI is InChI=1S/C6H3Cl4NS/c1-12-6-4(9)2(7)3(8)5(10)11-6/h1H3/i5+2,6+2. The van der Waals surface area contributed by atoms with Crippen LogP contribution in [0.1, 0.15) is 0 Å². The van der Waals surface area contributed by atoms with E-state index in [0.29, 0.717) is 10.0 Å². The minimum Gasteiger partial charge on any atom is -0.227 e. The number of hydrogen-bond acceptors (Lipinski definition) is 2. The second-order valence-electron chi connectivity index (χ2n) is 1.85. The summed E-state index contributed by atoms with van der Waals surface area (Å²) in [7, 11) is 0. The van der Waals surface area contributed by atoms with E-state index in [1.54, 1.807) is 0 Å². The van der Waals surface area contributed by atoms with Gasteiger partial charge in [0.05, 0.1) is 15.1 Å². The molecule has 0 saturated heterocycles. The van der Waals surface area contributed by atoms with Gasteiger partial charge in [0.15, 0.2) is 5.15 Å². The smallest absolute Gasteiger partial charge is 0.150 e. The van der Waals surface area contributed by atoms with E-state index in [-0.39, 0.29) is 15.2 Å². The fourth-order valence-electron chi connectivity index (χ4n) is 0.603. The number of rotatable bonds is 1. The molecule has 0 radical (unpaired) electrons. The second-order valence-corrected chi connectivity index (χ2v) is 4.14. The molecule has 0 aliphatic heterocycles. The maximum Gasteiger partial charge on any atom is 0.150 e. The molecule has 66 valence electrons. The highest BCUT2D eigenvalue weighted by Crippen LogP contribution is 2.38. The van der Waals surface area contributed by atoms with Crippen molar-refractivity contribution < 1.29 is 0 Å². The number of halogens is 4. The molecule has 0 spiro atoms. The van der Waals surface area contributed by atoms with Crippen molar-refractivity contribution in [2.24, 2.45) is 0 Å². The largest absolute Gasteiger partial charge is 0.227 e. The number of hydrogen-bond donors (Lipinski definition) is 0. The number of pyridine rings is 1. The van der Waals surface area contributed by atoms with Gasteiger partial charge < -0.3 is 0 Å². The summed E-state index contributed by atoms with van der Waals surface area (Å²) in [5.74, 6) is 0. The second kappa shape index (κ2) is 4.25. The molecule has 1 rings (SSSR count). The third-order valence-corrected chi connectivity index (χ3v) is 3.62. The van der Waals surface area contributed by atoms with Gasteiger partial charge in [0.1, 0.15) is 5.03 Å². The van der Waals surface area contributed by atoms with E-state index in [1.807, 2.05) is 6.26 Å². The van der Waals surface area contributed by atoms with E-state index in [9.17, 15) is 0 Å². The highest BCUT2D eigenvalue weighted by Gasteiger charge is 2.13. The van der Waals surface area contributed by atoms with Crippen LogP contribution in [0.3, 0.4) is 0 Å². The van der Waals surface area contributed by atoms with Crippen LogP contribution in [-0.4, -0.2) is 11.2 Å². The average molecular weight is 267 g/mol. The van der Waals surface area contributed by atoms with Crippen LogP contribution in [0.4, 0.5) is 0 Å². The van der Waals surface area contributed by atoms with Crippen LogP contribution in [0.15, 0.2) is 5.03 Å². The molecular formula is C6H3Cl4NS. The van der Waals surface area contributed by atoms with Crippen molar-refractivity contribution in [3.63, 3.8) is 0 Å². The Kier molecular flexibility index (Phi) is 3.80. The van der Waals surface area contributed by atoms with E-state index < -0.39 is 0 Å². The summed E-state index contributed by atoms with van der Waals surface area (Å²) >= 11 is 24.3. The SMILES string of the molecule is CS[14c]1n[14c](Cl)c(Cl)c(Cl)c1Cl. The Morgan fingerprint density at radius 1 is 1.25 bits per heavy atom. The van der Waals surface area contributed by atoms with Gasteiger partial charge in [-0.1, -0.05) is 46.4 Å². The average Bonchev–Trinajstić information content (AvgIpc) is 2.08. The molecule has 1 aromatic rings. The lowest BCUT2D eigenvalue weighted by Gasteiger charge is -2.04. The van der Waals surface area contributed by atoms with Crippen molar-refractivity contribution in [2.45, 2.75) is 5.03 Å². The zero-order valence-electron chi connectivity index (χ0n) is 5.87. The minimum atomic E-state index is 0.176. The minimum absolute atomic E-state index is 0.176. The van der Waals surface area contributed by atoms with Crippen LogP contribution >= 0.6 is 58.2 Å². The van der Waals surface area contributed by atoms with E-state index in [0.717, 1.165) is 0 Å². The summed E-state index contributed by atoms with van der Waals surface area (Å²) in [5.41, 5.74) is 0. The number of thioether (sulfide) groups is 1. The molecular weight excluding hydrogens is 264 g/mol. The lowest BCUT2D eigenvalue weighted by molar-refractivity contribution is 1.14. The molecule has 12 heavy (non-hydrogen) atoms. The molecule has 1 heterocycles.